The Hall–Kier alpha value is -1.00. The molecule has 0 aliphatic heterocycles. The van der Waals surface area contributed by atoms with E-state index in [1.54, 1.807) is 18.7 Å². The molecule has 4 heteroatoms. The maximum atomic E-state index is 10.6. The number of hydrogen-bond acceptors (Lipinski definition) is 3. The summed E-state index contributed by atoms with van der Waals surface area (Å²) in [6.45, 7) is 2.22. The van der Waals surface area contributed by atoms with Crippen LogP contribution in [0, 0.1) is 0 Å². The van der Waals surface area contributed by atoms with E-state index in [1.807, 2.05) is 30.5 Å². The fourth-order valence-electron chi connectivity index (χ4n) is 1.10. The molecule has 0 fully saturated rings. The van der Waals surface area contributed by atoms with Gasteiger partial charge in [0.25, 0.3) is 0 Å². The monoisotopic (exact) mass is 225 g/mol. The van der Waals surface area contributed by atoms with Crippen molar-refractivity contribution in [1.82, 2.24) is 5.32 Å². The molecule has 0 radical (unpaired) electrons. The third kappa shape index (κ3) is 3.93. The van der Waals surface area contributed by atoms with E-state index >= 15 is 0 Å². The molecule has 0 aliphatic carbocycles. The van der Waals surface area contributed by atoms with Gasteiger partial charge in [-0.15, -0.1) is 11.8 Å². The maximum absolute atomic E-state index is 10.6. The van der Waals surface area contributed by atoms with Crippen molar-refractivity contribution >= 4 is 17.7 Å². The largest absolute Gasteiger partial charge is 0.480 e. The molecule has 0 bridgehead atoms. The Morgan fingerprint density at radius 3 is 2.53 bits per heavy atom. The number of carboxylic acid groups (broad SMARTS) is 1. The average Bonchev–Trinajstić information content (AvgIpc) is 2.26. The Morgan fingerprint density at radius 2 is 2.07 bits per heavy atom. The maximum Gasteiger partial charge on any atom is 0.320 e. The molecule has 0 aromatic heterocycles. The van der Waals surface area contributed by atoms with E-state index in [1.165, 1.54) is 4.90 Å². The molecular formula is C11H15NO2S. The van der Waals surface area contributed by atoms with Gasteiger partial charge in [0.15, 0.2) is 0 Å². The summed E-state index contributed by atoms with van der Waals surface area (Å²) in [5, 5.41) is 11.6. The summed E-state index contributed by atoms with van der Waals surface area (Å²) >= 11 is 1.69. The van der Waals surface area contributed by atoms with Gasteiger partial charge in [-0.25, -0.2) is 0 Å². The molecule has 3 nitrogen and oxygen atoms in total. The zero-order valence-electron chi connectivity index (χ0n) is 8.86. The van der Waals surface area contributed by atoms with E-state index in [4.69, 9.17) is 5.11 Å². The van der Waals surface area contributed by atoms with Crippen LogP contribution < -0.4 is 5.32 Å². The summed E-state index contributed by atoms with van der Waals surface area (Å²) in [6, 6.07) is 7.58. The van der Waals surface area contributed by atoms with Crippen molar-refractivity contribution in [2.45, 2.75) is 24.4 Å². The zero-order valence-corrected chi connectivity index (χ0v) is 9.67. The Balaban J connectivity index is 2.47. The first-order chi connectivity index (χ1) is 7.13. The van der Waals surface area contributed by atoms with Crippen LogP contribution in [-0.2, 0) is 11.3 Å². The predicted octanol–water partition coefficient (Wildman–Crippen LogP) is 1.97. The molecule has 0 aliphatic rings. The van der Waals surface area contributed by atoms with Crippen molar-refractivity contribution in [3.05, 3.63) is 29.8 Å². The van der Waals surface area contributed by atoms with Gasteiger partial charge in [0, 0.05) is 11.4 Å². The molecule has 82 valence electrons. The van der Waals surface area contributed by atoms with Crippen LogP contribution in [0.5, 0.6) is 0 Å². The number of rotatable bonds is 5. The predicted molar refractivity (Wildman–Crippen MR) is 62.2 cm³/mol. The molecule has 0 unspecified atom stereocenters. The molecule has 0 amide bonds. The van der Waals surface area contributed by atoms with Crippen molar-refractivity contribution < 1.29 is 9.90 Å². The van der Waals surface area contributed by atoms with Crippen molar-refractivity contribution in [1.29, 1.82) is 0 Å². The molecule has 0 heterocycles. The smallest absolute Gasteiger partial charge is 0.320 e. The van der Waals surface area contributed by atoms with Gasteiger partial charge in [0.2, 0.25) is 0 Å². The topological polar surface area (TPSA) is 49.3 Å². The molecule has 15 heavy (non-hydrogen) atoms. The van der Waals surface area contributed by atoms with Crippen LogP contribution >= 0.6 is 11.8 Å². The quantitative estimate of drug-likeness (QED) is 0.752. The SMILES string of the molecule is CSc1ccc(CN[C@H](C)C(=O)O)cc1. The lowest BCUT2D eigenvalue weighted by atomic mass is 10.2. The van der Waals surface area contributed by atoms with Gasteiger partial charge in [-0.2, -0.15) is 0 Å². The molecule has 1 atom stereocenters. The second-order valence-corrected chi connectivity index (χ2v) is 4.17. The van der Waals surface area contributed by atoms with Gasteiger partial charge in [0.1, 0.15) is 6.04 Å². The number of carboxylic acids is 1. The summed E-state index contributed by atoms with van der Waals surface area (Å²) < 4.78 is 0. The lowest BCUT2D eigenvalue weighted by Gasteiger charge is -2.09. The van der Waals surface area contributed by atoms with Gasteiger partial charge in [-0.3, -0.25) is 4.79 Å². The lowest BCUT2D eigenvalue weighted by Crippen LogP contribution is -2.33. The fraction of sp³-hybridized carbons (Fsp3) is 0.364. The molecule has 1 rings (SSSR count). The first kappa shape index (κ1) is 12.1. The number of carbonyl (C=O) groups is 1. The van der Waals surface area contributed by atoms with Crippen LogP contribution in [0.15, 0.2) is 29.2 Å². The summed E-state index contributed by atoms with van der Waals surface area (Å²) in [5.74, 6) is -0.823. The van der Waals surface area contributed by atoms with E-state index in [9.17, 15) is 4.79 Å². The van der Waals surface area contributed by atoms with Crippen LogP contribution in [-0.4, -0.2) is 23.4 Å². The average molecular weight is 225 g/mol. The number of hydrogen-bond donors (Lipinski definition) is 2. The third-order valence-corrected chi connectivity index (χ3v) is 2.89. The minimum atomic E-state index is -0.823. The number of benzene rings is 1. The zero-order chi connectivity index (χ0) is 11.3. The van der Waals surface area contributed by atoms with E-state index in [0.29, 0.717) is 6.54 Å². The third-order valence-electron chi connectivity index (χ3n) is 2.14. The summed E-state index contributed by atoms with van der Waals surface area (Å²) in [6.07, 6.45) is 2.03. The second kappa shape index (κ2) is 5.78. The lowest BCUT2D eigenvalue weighted by molar-refractivity contribution is -0.139. The molecule has 0 saturated heterocycles. The van der Waals surface area contributed by atoms with Crippen LogP contribution in [0.3, 0.4) is 0 Å². The molecule has 1 aromatic carbocycles. The Morgan fingerprint density at radius 1 is 1.47 bits per heavy atom. The van der Waals surface area contributed by atoms with Crippen LogP contribution in [0.25, 0.3) is 0 Å². The van der Waals surface area contributed by atoms with Crippen molar-refractivity contribution in [2.75, 3.05) is 6.26 Å². The highest BCUT2D eigenvalue weighted by molar-refractivity contribution is 7.98. The van der Waals surface area contributed by atoms with Gasteiger partial charge in [0.05, 0.1) is 0 Å². The van der Waals surface area contributed by atoms with Crippen LogP contribution in [0.1, 0.15) is 12.5 Å². The summed E-state index contributed by atoms with van der Waals surface area (Å²) in [5.41, 5.74) is 1.10. The molecule has 0 saturated carbocycles. The van der Waals surface area contributed by atoms with Crippen molar-refractivity contribution in [2.24, 2.45) is 0 Å². The number of nitrogens with one attached hydrogen (secondary N) is 1. The van der Waals surface area contributed by atoms with E-state index < -0.39 is 12.0 Å². The van der Waals surface area contributed by atoms with E-state index in [2.05, 4.69) is 5.32 Å². The number of thioether (sulfide) groups is 1. The van der Waals surface area contributed by atoms with E-state index in [0.717, 1.165) is 5.56 Å². The molecule has 0 spiro atoms. The highest BCUT2D eigenvalue weighted by atomic mass is 32.2. The first-order valence-corrected chi connectivity index (χ1v) is 5.95. The van der Waals surface area contributed by atoms with Crippen LogP contribution in [0.2, 0.25) is 0 Å². The number of aliphatic carboxylic acids is 1. The normalized spacial score (nSPS) is 12.4. The molecule has 1 aromatic rings. The van der Waals surface area contributed by atoms with Crippen molar-refractivity contribution in [3.8, 4) is 0 Å². The van der Waals surface area contributed by atoms with Gasteiger partial charge in [-0.1, -0.05) is 12.1 Å². The van der Waals surface area contributed by atoms with Gasteiger partial charge >= 0.3 is 5.97 Å². The second-order valence-electron chi connectivity index (χ2n) is 3.29. The van der Waals surface area contributed by atoms with E-state index in [-0.39, 0.29) is 0 Å². The minimum absolute atomic E-state index is 0.509. The Bertz CT molecular complexity index is 324. The Labute approximate surface area is 93.9 Å². The van der Waals surface area contributed by atoms with Crippen molar-refractivity contribution in [3.63, 3.8) is 0 Å². The fourth-order valence-corrected chi connectivity index (χ4v) is 1.51. The summed E-state index contributed by atoms with van der Waals surface area (Å²) in [4.78, 5) is 11.8. The Kier molecular flexibility index (Phi) is 4.65. The highest BCUT2D eigenvalue weighted by Crippen LogP contribution is 2.14. The standard InChI is InChI=1S/C11H15NO2S/c1-8(11(13)14)12-7-9-3-5-10(15-2)6-4-9/h3-6,8,12H,7H2,1-2H3,(H,13,14)/t8-/m1/s1. The molecular weight excluding hydrogens is 210 g/mol. The first-order valence-electron chi connectivity index (χ1n) is 4.72. The molecule has 2 N–H and O–H groups in total. The minimum Gasteiger partial charge on any atom is -0.480 e. The summed E-state index contributed by atoms with van der Waals surface area (Å²) in [7, 11) is 0. The highest BCUT2D eigenvalue weighted by Gasteiger charge is 2.08. The van der Waals surface area contributed by atoms with Crippen LogP contribution in [0.4, 0.5) is 0 Å². The van der Waals surface area contributed by atoms with Gasteiger partial charge in [-0.05, 0) is 30.9 Å². The van der Waals surface area contributed by atoms with Gasteiger partial charge < -0.3 is 10.4 Å².